The van der Waals surface area contributed by atoms with Crippen molar-refractivity contribution in [1.29, 1.82) is 0 Å². The van der Waals surface area contributed by atoms with E-state index < -0.39 is 11.9 Å². The Morgan fingerprint density at radius 1 is 1.05 bits per heavy atom. The Bertz CT molecular complexity index is 465. The van der Waals surface area contributed by atoms with E-state index in [4.69, 9.17) is 0 Å². The SMILES string of the molecule is CC(C)NC(=O)C(C)NC(=O)c1c(O)cccc1O. The van der Waals surface area contributed by atoms with Crippen LogP contribution in [0.25, 0.3) is 0 Å². The molecule has 0 fully saturated rings. The molecule has 0 radical (unpaired) electrons. The Balaban J connectivity index is 2.77. The Morgan fingerprint density at radius 2 is 1.58 bits per heavy atom. The third-order valence-electron chi connectivity index (χ3n) is 2.42. The molecular weight excluding hydrogens is 248 g/mol. The van der Waals surface area contributed by atoms with Gasteiger partial charge in [0.05, 0.1) is 0 Å². The number of amides is 2. The minimum absolute atomic E-state index is 0.0367. The van der Waals surface area contributed by atoms with Gasteiger partial charge in [-0.1, -0.05) is 6.07 Å². The average molecular weight is 266 g/mol. The first kappa shape index (κ1) is 14.8. The second-order valence-electron chi connectivity index (χ2n) is 4.53. The lowest BCUT2D eigenvalue weighted by atomic mass is 10.1. The third kappa shape index (κ3) is 3.87. The van der Waals surface area contributed by atoms with Crippen LogP contribution < -0.4 is 10.6 Å². The summed E-state index contributed by atoms with van der Waals surface area (Å²) in [5.74, 6) is -1.72. The molecule has 0 saturated carbocycles. The number of hydrogen-bond acceptors (Lipinski definition) is 4. The Kier molecular flexibility index (Phi) is 4.74. The zero-order valence-electron chi connectivity index (χ0n) is 11.1. The molecule has 1 aromatic rings. The summed E-state index contributed by atoms with van der Waals surface area (Å²) >= 11 is 0. The second-order valence-corrected chi connectivity index (χ2v) is 4.53. The van der Waals surface area contributed by atoms with Gasteiger partial charge in [-0.3, -0.25) is 9.59 Å². The summed E-state index contributed by atoms with van der Waals surface area (Å²) in [5, 5.41) is 24.1. The van der Waals surface area contributed by atoms with Crippen molar-refractivity contribution < 1.29 is 19.8 Å². The molecule has 0 aliphatic heterocycles. The smallest absolute Gasteiger partial charge is 0.259 e. The van der Waals surface area contributed by atoms with E-state index in [1.807, 2.05) is 0 Å². The van der Waals surface area contributed by atoms with Gasteiger partial charge in [-0.05, 0) is 32.9 Å². The van der Waals surface area contributed by atoms with Crippen molar-refractivity contribution in [1.82, 2.24) is 10.6 Å². The van der Waals surface area contributed by atoms with Crippen LogP contribution in [0.15, 0.2) is 18.2 Å². The van der Waals surface area contributed by atoms with Gasteiger partial charge < -0.3 is 20.8 Å². The summed E-state index contributed by atoms with van der Waals surface area (Å²) in [5.41, 5.74) is -0.244. The predicted molar refractivity (Wildman–Crippen MR) is 70.0 cm³/mol. The standard InChI is InChI=1S/C13H18N2O4/c1-7(2)14-12(18)8(3)15-13(19)11-9(16)5-4-6-10(11)17/h4-8,16-17H,1-3H3,(H,14,18)(H,15,19). The Hall–Kier alpha value is -2.24. The number of carbonyl (C=O) groups excluding carboxylic acids is 2. The summed E-state index contributed by atoms with van der Waals surface area (Å²) in [6.45, 7) is 5.13. The highest BCUT2D eigenvalue weighted by atomic mass is 16.3. The first-order valence-electron chi connectivity index (χ1n) is 5.95. The summed E-state index contributed by atoms with van der Waals surface area (Å²) in [6.07, 6.45) is 0. The summed E-state index contributed by atoms with van der Waals surface area (Å²) in [6, 6.07) is 3.18. The highest BCUT2D eigenvalue weighted by molar-refractivity contribution is 6.01. The lowest BCUT2D eigenvalue weighted by molar-refractivity contribution is -0.123. The van der Waals surface area contributed by atoms with Crippen LogP contribution in [0, 0.1) is 0 Å². The average Bonchev–Trinajstić information content (AvgIpc) is 2.27. The Morgan fingerprint density at radius 3 is 2.05 bits per heavy atom. The van der Waals surface area contributed by atoms with Crippen molar-refractivity contribution in [3.63, 3.8) is 0 Å². The van der Waals surface area contributed by atoms with Gasteiger partial charge in [-0.2, -0.15) is 0 Å². The third-order valence-corrected chi connectivity index (χ3v) is 2.42. The molecule has 19 heavy (non-hydrogen) atoms. The zero-order chi connectivity index (χ0) is 14.6. The lowest BCUT2D eigenvalue weighted by Gasteiger charge is -2.16. The van der Waals surface area contributed by atoms with Gasteiger partial charge in [0.25, 0.3) is 5.91 Å². The number of benzene rings is 1. The van der Waals surface area contributed by atoms with Crippen LogP contribution in [0.3, 0.4) is 0 Å². The maximum Gasteiger partial charge on any atom is 0.259 e. The van der Waals surface area contributed by atoms with Crippen molar-refractivity contribution in [2.24, 2.45) is 0 Å². The van der Waals surface area contributed by atoms with Crippen LogP contribution in [0.5, 0.6) is 11.5 Å². The lowest BCUT2D eigenvalue weighted by Crippen LogP contribution is -2.46. The molecule has 1 atom stereocenters. The van der Waals surface area contributed by atoms with E-state index in [2.05, 4.69) is 10.6 Å². The molecule has 0 aliphatic rings. The molecule has 6 nitrogen and oxygen atoms in total. The van der Waals surface area contributed by atoms with E-state index in [1.165, 1.54) is 25.1 Å². The molecule has 0 saturated heterocycles. The van der Waals surface area contributed by atoms with E-state index in [9.17, 15) is 19.8 Å². The molecule has 1 aromatic carbocycles. The first-order chi connectivity index (χ1) is 8.82. The molecule has 0 bridgehead atoms. The molecule has 1 rings (SSSR count). The van der Waals surface area contributed by atoms with Gasteiger partial charge in [-0.25, -0.2) is 0 Å². The normalized spacial score (nSPS) is 12.0. The van der Waals surface area contributed by atoms with E-state index in [-0.39, 0.29) is 29.0 Å². The molecule has 4 N–H and O–H groups in total. The Labute approximate surface area is 111 Å². The summed E-state index contributed by atoms with van der Waals surface area (Å²) < 4.78 is 0. The zero-order valence-corrected chi connectivity index (χ0v) is 11.1. The van der Waals surface area contributed by atoms with Gasteiger partial charge in [0.2, 0.25) is 5.91 Å². The minimum atomic E-state index is -0.770. The highest BCUT2D eigenvalue weighted by Gasteiger charge is 2.21. The van der Waals surface area contributed by atoms with E-state index >= 15 is 0 Å². The highest BCUT2D eigenvalue weighted by Crippen LogP contribution is 2.25. The molecular formula is C13H18N2O4. The molecule has 0 aliphatic carbocycles. The van der Waals surface area contributed by atoms with Gasteiger partial charge in [0, 0.05) is 6.04 Å². The second kappa shape index (κ2) is 6.08. The number of hydrogen-bond donors (Lipinski definition) is 4. The predicted octanol–water partition coefficient (Wildman–Crippen LogP) is 0.741. The topological polar surface area (TPSA) is 98.7 Å². The van der Waals surface area contributed by atoms with Crippen molar-refractivity contribution in [3.8, 4) is 11.5 Å². The van der Waals surface area contributed by atoms with E-state index in [1.54, 1.807) is 13.8 Å². The number of aromatic hydroxyl groups is 2. The van der Waals surface area contributed by atoms with Crippen LogP contribution in [0.4, 0.5) is 0 Å². The van der Waals surface area contributed by atoms with E-state index in [0.29, 0.717) is 0 Å². The molecule has 6 heteroatoms. The molecule has 2 amide bonds. The van der Waals surface area contributed by atoms with Crippen molar-refractivity contribution in [2.75, 3.05) is 0 Å². The summed E-state index contributed by atoms with van der Waals surface area (Å²) in [4.78, 5) is 23.5. The van der Waals surface area contributed by atoms with Crippen LogP contribution in [0.1, 0.15) is 31.1 Å². The molecule has 104 valence electrons. The minimum Gasteiger partial charge on any atom is -0.507 e. The van der Waals surface area contributed by atoms with Gasteiger partial charge in [0.15, 0.2) is 0 Å². The number of rotatable bonds is 4. The number of nitrogens with one attached hydrogen (secondary N) is 2. The largest absolute Gasteiger partial charge is 0.507 e. The van der Waals surface area contributed by atoms with Crippen LogP contribution in [0.2, 0.25) is 0 Å². The van der Waals surface area contributed by atoms with Crippen LogP contribution in [-0.4, -0.2) is 34.1 Å². The maximum absolute atomic E-state index is 11.9. The fraction of sp³-hybridized carbons (Fsp3) is 0.385. The van der Waals surface area contributed by atoms with E-state index in [0.717, 1.165) is 0 Å². The number of carbonyl (C=O) groups is 2. The van der Waals surface area contributed by atoms with Crippen LogP contribution in [-0.2, 0) is 4.79 Å². The monoisotopic (exact) mass is 266 g/mol. The van der Waals surface area contributed by atoms with Crippen molar-refractivity contribution in [3.05, 3.63) is 23.8 Å². The van der Waals surface area contributed by atoms with Crippen molar-refractivity contribution in [2.45, 2.75) is 32.9 Å². The fourth-order valence-electron chi connectivity index (χ4n) is 1.50. The number of phenols is 2. The quantitative estimate of drug-likeness (QED) is 0.646. The van der Waals surface area contributed by atoms with Gasteiger partial charge in [-0.15, -0.1) is 0 Å². The van der Waals surface area contributed by atoms with Gasteiger partial charge in [0.1, 0.15) is 23.1 Å². The molecule has 1 unspecified atom stereocenters. The molecule has 0 aromatic heterocycles. The number of phenolic OH excluding ortho intramolecular Hbond substituents is 2. The fourth-order valence-corrected chi connectivity index (χ4v) is 1.50. The van der Waals surface area contributed by atoms with Gasteiger partial charge >= 0.3 is 0 Å². The molecule has 0 heterocycles. The van der Waals surface area contributed by atoms with Crippen LogP contribution >= 0.6 is 0 Å². The summed E-state index contributed by atoms with van der Waals surface area (Å²) in [7, 11) is 0. The molecule has 0 spiro atoms. The first-order valence-corrected chi connectivity index (χ1v) is 5.95. The van der Waals surface area contributed by atoms with Crippen molar-refractivity contribution >= 4 is 11.8 Å². The maximum atomic E-state index is 11.9.